The fourth-order valence-electron chi connectivity index (χ4n) is 2.29. The fraction of sp³-hybridized carbons (Fsp3) is 0.909. The number of carbonyl (C=O) groups excluding carboxylic acids is 1. The summed E-state index contributed by atoms with van der Waals surface area (Å²) in [6.45, 7) is 6.60. The molecule has 2 aliphatic rings. The first-order valence-corrected chi connectivity index (χ1v) is 9.17. The van der Waals surface area contributed by atoms with E-state index in [1.54, 1.807) is 4.90 Å². The van der Waals surface area contributed by atoms with Gasteiger partial charge in [-0.15, -0.1) is 0 Å². The number of likely N-dealkylation sites (tertiary alicyclic amines) is 1. The van der Waals surface area contributed by atoms with Crippen molar-refractivity contribution in [1.29, 1.82) is 0 Å². The van der Waals surface area contributed by atoms with Crippen LogP contribution in [0, 0.1) is 11.8 Å². The predicted molar refractivity (Wildman–Crippen MR) is 71.0 cm³/mol. The van der Waals surface area contributed by atoms with Crippen LogP contribution in [-0.2, 0) is 13.6 Å². The van der Waals surface area contributed by atoms with Gasteiger partial charge in [0.1, 0.15) is 5.60 Å². The molecule has 0 spiro atoms. The Kier molecular flexibility index (Phi) is 3.57. The second kappa shape index (κ2) is 4.59. The van der Waals surface area contributed by atoms with Crippen LogP contribution in [0.4, 0.5) is 4.79 Å². The van der Waals surface area contributed by atoms with Gasteiger partial charge in [-0.25, -0.2) is 13.2 Å². The molecule has 0 radical (unpaired) electrons. The topological polar surface area (TPSA) is 63.7 Å². The molecule has 7 heteroatoms. The van der Waals surface area contributed by atoms with Crippen LogP contribution in [0.3, 0.4) is 0 Å². The minimum Gasteiger partial charge on any atom is -0.444 e. The first-order valence-electron chi connectivity index (χ1n) is 6.01. The van der Waals surface area contributed by atoms with Crippen LogP contribution >= 0.6 is 10.8 Å². The van der Waals surface area contributed by atoms with Crippen LogP contribution in [0.1, 0.15) is 20.8 Å². The van der Waals surface area contributed by atoms with Crippen LogP contribution in [0.2, 0.25) is 0 Å². The summed E-state index contributed by atoms with van der Waals surface area (Å²) in [6.07, 6.45) is -0.334. The number of fused-ring (bicyclic) bond motifs is 1. The third-order valence-corrected chi connectivity index (χ3v) is 6.76. The van der Waals surface area contributed by atoms with Gasteiger partial charge in [0, 0.05) is 18.8 Å². The monoisotopic (exact) mass is 293 g/mol. The Hall–Kier alpha value is -0.430. The van der Waals surface area contributed by atoms with E-state index in [0.29, 0.717) is 18.8 Å². The van der Waals surface area contributed by atoms with Crippen LogP contribution in [0.5, 0.6) is 0 Å². The Labute approximate surface area is 112 Å². The SMILES string of the molecule is CC(C)(C)OC(=O)N1C[C@@H]2CS(=O)(=O)SC[C@H]2C1. The molecule has 0 aliphatic carbocycles. The molecule has 0 saturated carbocycles. The minimum atomic E-state index is -2.98. The van der Waals surface area contributed by atoms with Gasteiger partial charge in [0.25, 0.3) is 0 Å². The number of ether oxygens (including phenoxy) is 1. The van der Waals surface area contributed by atoms with Gasteiger partial charge in [-0.3, -0.25) is 0 Å². The molecule has 0 unspecified atom stereocenters. The molecule has 2 fully saturated rings. The van der Waals surface area contributed by atoms with Crippen LogP contribution < -0.4 is 0 Å². The second-order valence-corrected chi connectivity index (χ2v) is 10.2. The van der Waals surface area contributed by atoms with Crippen molar-refractivity contribution in [1.82, 2.24) is 4.90 Å². The van der Waals surface area contributed by atoms with E-state index < -0.39 is 14.5 Å². The summed E-state index contributed by atoms with van der Waals surface area (Å²) in [7, 11) is -1.97. The van der Waals surface area contributed by atoms with Gasteiger partial charge < -0.3 is 9.64 Å². The Bertz CT molecular complexity index is 440. The van der Waals surface area contributed by atoms with E-state index in [-0.39, 0.29) is 23.7 Å². The van der Waals surface area contributed by atoms with Gasteiger partial charge in [-0.2, -0.15) is 0 Å². The predicted octanol–water partition coefficient (Wildman–Crippen LogP) is 1.55. The van der Waals surface area contributed by atoms with E-state index in [1.807, 2.05) is 20.8 Å². The zero-order valence-electron chi connectivity index (χ0n) is 10.9. The van der Waals surface area contributed by atoms with Gasteiger partial charge in [-0.1, -0.05) is 0 Å². The van der Waals surface area contributed by atoms with Gasteiger partial charge in [0.05, 0.1) is 5.75 Å². The smallest absolute Gasteiger partial charge is 0.410 e. The molecule has 18 heavy (non-hydrogen) atoms. The van der Waals surface area contributed by atoms with Crippen LogP contribution in [0.25, 0.3) is 0 Å². The Morgan fingerprint density at radius 2 is 1.89 bits per heavy atom. The van der Waals surface area contributed by atoms with Crippen molar-refractivity contribution in [2.45, 2.75) is 26.4 Å². The normalized spacial score (nSPS) is 30.9. The molecule has 0 bridgehead atoms. The number of hydrogen-bond acceptors (Lipinski definition) is 5. The molecule has 0 aromatic rings. The Morgan fingerprint density at radius 1 is 1.28 bits per heavy atom. The number of nitrogens with zero attached hydrogens (tertiary/aromatic N) is 1. The minimum absolute atomic E-state index is 0.0729. The Balaban J connectivity index is 1.98. The molecular formula is C11H19NO4S2. The van der Waals surface area contributed by atoms with Gasteiger partial charge in [0.15, 0.2) is 0 Å². The lowest BCUT2D eigenvalue weighted by atomic mass is 10.0. The number of rotatable bonds is 0. The van der Waals surface area contributed by atoms with Crippen molar-refractivity contribution in [3.63, 3.8) is 0 Å². The summed E-state index contributed by atoms with van der Waals surface area (Å²) in [5.41, 5.74) is -0.508. The lowest BCUT2D eigenvalue weighted by Gasteiger charge is -2.24. The van der Waals surface area contributed by atoms with E-state index in [0.717, 1.165) is 10.8 Å². The van der Waals surface area contributed by atoms with Crippen molar-refractivity contribution in [2.24, 2.45) is 11.8 Å². The molecule has 2 rings (SSSR count). The Morgan fingerprint density at radius 3 is 2.50 bits per heavy atom. The number of carbonyl (C=O) groups is 1. The summed E-state index contributed by atoms with van der Waals surface area (Å²) in [4.78, 5) is 13.6. The molecule has 2 aliphatic heterocycles. The molecule has 104 valence electrons. The molecule has 0 aromatic carbocycles. The van der Waals surface area contributed by atoms with Crippen molar-refractivity contribution < 1.29 is 17.9 Å². The summed E-state index contributed by atoms with van der Waals surface area (Å²) < 4.78 is 28.4. The molecule has 2 atom stereocenters. The summed E-state index contributed by atoms with van der Waals surface area (Å²) in [6, 6.07) is 0. The number of hydrogen-bond donors (Lipinski definition) is 0. The molecule has 0 N–H and O–H groups in total. The van der Waals surface area contributed by atoms with Gasteiger partial charge in [0.2, 0.25) is 8.87 Å². The standard InChI is InChI=1S/C11H19NO4S2/c1-11(2,3)16-10(13)12-4-8-6-17-18(14,15)7-9(8)5-12/h8-9H,4-7H2,1-3H3/t8-,9-/m1/s1. The van der Waals surface area contributed by atoms with E-state index in [9.17, 15) is 13.2 Å². The summed E-state index contributed by atoms with van der Waals surface area (Å²) in [5.74, 6) is 1.13. The second-order valence-electron chi connectivity index (χ2n) is 5.91. The van der Waals surface area contributed by atoms with E-state index >= 15 is 0 Å². The molecule has 2 heterocycles. The van der Waals surface area contributed by atoms with E-state index in [2.05, 4.69) is 0 Å². The molecule has 0 aromatic heterocycles. The maximum atomic E-state index is 11.9. The van der Waals surface area contributed by atoms with Crippen molar-refractivity contribution >= 4 is 25.8 Å². The van der Waals surface area contributed by atoms with Gasteiger partial charge in [-0.05, 0) is 43.4 Å². The highest BCUT2D eigenvalue weighted by atomic mass is 33.1. The average molecular weight is 293 g/mol. The highest BCUT2D eigenvalue weighted by Gasteiger charge is 2.42. The van der Waals surface area contributed by atoms with E-state index in [4.69, 9.17) is 4.74 Å². The van der Waals surface area contributed by atoms with Crippen molar-refractivity contribution in [2.75, 3.05) is 24.6 Å². The highest BCUT2D eigenvalue weighted by Crippen LogP contribution is 2.36. The summed E-state index contributed by atoms with van der Waals surface area (Å²) >= 11 is 0. The summed E-state index contributed by atoms with van der Waals surface area (Å²) in [5, 5.41) is 0. The average Bonchev–Trinajstić information content (AvgIpc) is 2.56. The van der Waals surface area contributed by atoms with Gasteiger partial charge >= 0.3 is 6.09 Å². The lowest BCUT2D eigenvalue weighted by Crippen LogP contribution is -2.35. The van der Waals surface area contributed by atoms with Crippen LogP contribution in [-0.4, -0.2) is 49.6 Å². The molecule has 5 nitrogen and oxygen atoms in total. The first kappa shape index (κ1) is 14.0. The molecule has 2 saturated heterocycles. The zero-order chi connectivity index (χ0) is 13.6. The lowest BCUT2D eigenvalue weighted by molar-refractivity contribution is 0.0286. The molecule has 1 amide bonds. The van der Waals surface area contributed by atoms with Crippen molar-refractivity contribution in [3.05, 3.63) is 0 Å². The largest absolute Gasteiger partial charge is 0.444 e. The molecular weight excluding hydrogens is 274 g/mol. The van der Waals surface area contributed by atoms with E-state index in [1.165, 1.54) is 0 Å². The maximum absolute atomic E-state index is 11.9. The highest BCUT2D eigenvalue weighted by molar-refractivity contribution is 8.72. The quantitative estimate of drug-likeness (QED) is 0.634. The number of amides is 1. The fourth-order valence-corrected chi connectivity index (χ4v) is 6.01. The third kappa shape index (κ3) is 3.32. The zero-order valence-corrected chi connectivity index (χ0v) is 12.5. The maximum Gasteiger partial charge on any atom is 0.410 e. The van der Waals surface area contributed by atoms with Crippen LogP contribution in [0.15, 0.2) is 0 Å². The first-order chi connectivity index (χ1) is 8.16. The third-order valence-electron chi connectivity index (χ3n) is 3.11. The van der Waals surface area contributed by atoms with Crippen molar-refractivity contribution in [3.8, 4) is 0 Å².